The van der Waals surface area contributed by atoms with Gasteiger partial charge in [-0.1, -0.05) is 13.3 Å². The van der Waals surface area contributed by atoms with E-state index in [1.165, 1.54) is 6.42 Å². The van der Waals surface area contributed by atoms with Gasteiger partial charge in [-0.3, -0.25) is 0 Å². The highest BCUT2D eigenvalue weighted by atomic mass is 28.3. The average molecular weight is 259 g/mol. The fourth-order valence-electron chi connectivity index (χ4n) is 2.47. The maximum atomic E-state index is 9.87. The normalized spacial score (nSPS) is 29.8. The van der Waals surface area contributed by atoms with Crippen LogP contribution < -0.4 is 0 Å². The number of aliphatic hydroxyl groups excluding tert-OH is 1. The second kappa shape index (κ2) is 8.24. The van der Waals surface area contributed by atoms with Gasteiger partial charge >= 0.3 is 9.28 Å². The van der Waals surface area contributed by atoms with E-state index < -0.39 is 9.28 Å². The molecule has 0 aromatic rings. The van der Waals surface area contributed by atoms with Crippen LogP contribution in [-0.2, 0) is 8.85 Å². The molecule has 0 aromatic heterocycles. The molecule has 1 rings (SSSR count). The second-order valence-electron chi connectivity index (χ2n) is 5.00. The molecular formula is C13H27O3Si. The van der Waals surface area contributed by atoms with E-state index in [2.05, 4.69) is 6.92 Å². The smallest absolute Gasteiger partial charge is 0.384 e. The van der Waals surface area contributed by atoms with Crippen molar-refractivity contribution >= 4 is 9.28 Å². The average Bonchev–Trinajstić information content (AvgIpc) is 2.31. The quantitative estimate of drug-likeness (QED) is 0.715. The molecule has 0 heterocycles. The zero-order valence-electron chi connectivity index (χ0n) is 11.4. The van der Waals surface area contributed by atoms with Crippen LogP contribution in [0, 0.1) is 11.8 Å². The third-order valence-corrected chi connectivity index (χ3v) is 5.55. The maximum absolute atomic E-state index is 9.87. The zero-order valence-corrected chi connectivity index (χ0v) is 12.4. The Morgan fingerprint density at radius 1 is 1.18 bits per heavy atom. The molecule has 4 heteroatoms. The van der Waals surface area contributed by atoms with Crippen molar-refractivity contribution in [2.75, 3.05) is 13.2 Å². The summed E-state index contributed by atoms with van der Waals surface area (Å²) in [6.07, 6.45) is 4.44. The molecule has 3 unspecified atom stereocenters. The van der Waals surface area contributed by atoms with Crippen LogP contribution in [0.15, 0.2) is 0 Å². The van der Waals surface area contributed by atoms with Crippen LogP contribution in [0.3, 0.4) is 0 Å². The van der Waals surface area contributed by atoms with E-state index in [9.17, 15) is 5.11 Å². The first-order valence-corrected chi connectivity index (χ1v) is 8.49. The van der Waals surface area contributed by atoms with Crippen LogP contribution in [0.1, 0.15) is 46.5 Å². The molecule has 1 N–H and O–H groups in total. The molecule has 0 amide bonds. The predicted molar refractivity (Wildman–Crippen MR) is 70.9 cm³/mol. The van der Waals surface area contributed by atoms with Crippen molar-refractivity contribution in [3.8, 4) is 0 Å². The molecule has 0 aliphatic heterocycles. The lowest BCUT2D eigenvalue weighted by molar-refractivity contribution is 0.0516. The summed E-state index contributed by atoms with van der Waals surface area (Å²) in [5.41, 5.74) is 0. The van der Waals surface area contributed by atoms with Gasteiger partial charge in [0, 0.05) is 13.2 Å². The third kappa shape index (κ3) is 5.51. The highest BCUT2D eigenvalue weighted by molar-refractivity contribution is 6.44. The molecule has 1 radical (unpaired) electrons. The van der Waals surface area contributed by atoms with Gasteiger partial charge in [0.05, 0.1) is 6.10 Å². The molecule has 0 saturated heterocycles. The Bertz CT molecular complexity index is 195. The highest BCUT2D eigenvalue weighted by Crippen LogP contribution is 2.32. The largest absolute Gasteiger partial charge is 0.394 e. The summed E-state index contributed by atoms with van der Waals surface area (Å²) in [5.74, 6) is 1.15. The molecule has 0 bridgehead atoms. The molecule has 1 saturated carbocycles. The number of aliphatic hydroxyl groups is 1. The standard InChI is InChI=1S/C13H27O3Si/c1-4-15-17(16-5-2)9-8-12-7-6-11(3)13(14)10-12/h11-14H,4-10H2,1-3H3. The van der Waals surface area contributed by atoms with Gasteiger partial charge < -0.3 is 14.0 Å². The van der Waals surface area contributed by atoms with Crippen molar-refractivity contribution in [2.24, 2.45) is 11.8 Å². The van der Waals surface area contributed by atoms with Crippen LogP contribution in [0.25, 0.3) is 0 Å². The zero-order chi connectivity index (χ0) is 12.7. The summed E-state index contributed by atoms with van der Waals surface area (Å²) in [6.45, 7) is 7.69. The van der Waals surface area contributed by atoms with Gasteiger partial charge in [0.2, 0.25) is 0 Å². The molecule has 1 aliphatic rings. The molecular weight excluding hydrogens is 232 g/mol. The predicted octanol–water partition coefficient (Wildman–Crippen LogP) is 2.73. The van der Waals surface area contributed by atoms with Crippen LogP contribution in [0.5, 0.6) is 0 Å². The molecule has 3 atom stereocenters. The summed E-state index contributed by atoms with van der Waals surface area (Å²) in [7, 11) is -1.06. The third-order valence-electron chi connectivity index (χ3n) is 3.63. The van der Waals surface area contributed by atoms with E-state index in [-0.39, 0.29) is 6.10 Å². The summed E-state index contributed by atoms with van der Waals surface area (Å²) in [6, 6.07) is 1.05. The maximum Gasteiger partial charge on any atom is 0.384 e. The van der Waals surface area contributed by atoms with Crippen LogP contribution in [0.4, 0.5) is 0 Å². The van der Waals surface area contributed by atoms with Gasteiger partial charge in [0.25, 0.3) is 0 Å². The molecule has 1 aliphatic carbocycles. The Balaban J connectivity index is 2.24. The lowest BCUT2D eigenvalue weighted by atomic mass is 9.80. The van der Waals surface area contributed by atoms with Gasteiger partial charge in [-0.25, -0.2) is 0 Å². The molecule has 17 heavy (non-hydrogen) atoms. The molecule has 0 spiro atoms. The van der Waals surface area contributed by atoms with Gasteiger partial charge in [-0.15, -0.1) is 0 Å². The Kier molecular flexibility index (Phi) is 7.35. The lowest BCUT2D eigenvalue weighted by Crippen LogP contribution is -2.29. The van der Waals surface area contributed by atoms with E-state index in [0.29, 0.717) is 11.8 Å². The first-order valence-electron chi connectivity index (χ1n) is 6.96. The van der Waals surface area contributed by atoms with Crippen molar-refractivity contribution in [3.05, 3.63) is 0 Å². The molecule has 1 fully saturated rings. The first kappa shape index (κ1) is 15.2. The van der Waals surface area contributed by atoms with Gasteiger partial charge in [0.15, 0.2) is 0 Å². The van der Waals surface area contributed by atoms with E-state index in [4.69, 9.17) is 8.85 Å². The summed E-state index contributed by atoms with van der Waals surface area (Å²) in [5, 5.41) is 9.87. The summed E-state index contributed by atoms with van der Waals surface area (Å²) < 4.78 is 11.3. The van der Waals surface area contributed by atoms with E-state index in [1.54, 1.807) is 0 Å². The fourth-order valence-corrected chi connectivity index (χ4v) is 4.13. The minimum atomic E-state index is -1.06. The topological polar surface area (TPSA) is 38.7 Å². The van der Waals surface area contributed by atoms with E-state index >= 15 is 0 Å². The second-order valence-corrected chi connectivity index (χ2v) is 6.82. The Morgan fingerprint density at radius 3 is 2.35 bits per heavy atom. The molecule has 101 valence electrons. The molecule has 0 aromatic carbocycles. The fraction of sp³-hybridized carbons (Fsp3) is 1.00. The van der Waals surface area contributed by atoms with Crippen LogP contribution in [0.2, 0.25) is 6.04 Å². The molecule has 3 nitrogen and oxygen atoms in total. The van der Waals surface area contributed by atoms with E-state index in [0.717, 1.165) is 38.5 Å². The minimum Gasteiger partial charge on any atom is -0.394 e. The Labute approximate surface area is 107 Å². The monoisotopic (exact) mass is 259 g/mol. The van der Waals surface area contributed by atoms with Crippen molar-refractivity contribution in [2.45, 2.75) is 58.6 Å². The minimum absolute atomic E-state index is 0.0939. The number of hydrogen-bond acceptors (Lipinski definition) is 3. The van der Waals surface area contributed by atoms with E-state index in [1.807, 2.05) is 13.8 Å². The summed E-state index contributed by atoms with van der Waals surface area (Å²) in [4.78, 5) is 0. The van der Waals surface area contributed by atoms with Gasteiger partial charge in [-0.2, -0.15) is 0 Å². The number of rotatable bonds is 7. The van der Waals surface area contributed by atoms with Crippen LogP contribution in [-0.4, -0.2) is 33.7 Å². The Hall–Kier alpha value is 0.0969. The van der Waals surface area contributed by atoms with Gasteiger partial charge in [-0.05, 0) is 51.0 Å². The van der Waals surface area contributed by atoms with Crippen molar-refractivity contribution in [1.29, 1.82) is 0 Å². The SMILES string of the molecule is CCO[Si](CCC1CCC(C)C(O)C1)OCC. The lowest BCUT2D eigenvalue weighted by Gasteiger charge is -2.31. The first-order chi connectivity index (χ1) is 8.17. The van der Waals surface area contributed by atoms with Crippen molar-refractivity contribution in [3.63, 3.8) is 0 Å². The van der Waals surface area contributed by atoms with Crippen LogP contribution >= 0.6 is 0 Å². The highest BCUT2D eigenvalue weighted by Gasteiger charge is 2.27. The summed E-state index contributed by atoms with van der Waals surface area (Å²) >= 11 is 0. The van der Waals surface area contributed by atoms with Crippen molar-refractivity contribution in [1.82, 2.24) is 0 Å². The number of hydrogen-bond donors (Lipinski definition) is 1. The van der Waals surface area contributed by atoms with Gasteiger partial charge in [0.1, 0.15) is 0 Å². The Morgan fingerprint density at radius 2 is 1.82 bits per heavy atom. The van der Waals surface area contributed by atoms with Crippen molar-refractivity contribution < 1.29 is 14.0 Å².